The largest absolute Gasteiger partial charge is 0.277 e. The highest BCUT2D eigenvalue weighted by Gasteiger charge is 2.36. The van der Waals surface area contributed by atoms with Crippen molar-refractivity contribution in [3.05, 3.63) is 62.3 Å². The summed E-state index contributed by atoms with van der Waals surface area (Å²) in [5, 5.41) is 4.13. The summed E-state index contributed by atoms with van der Waals surface area (Å²) in [4.78, 5) is 4.81. The normalized spacial score (nSPS) is 24.2. The topological polar surface area (TPSA) is 12.4 Å². The SMILES string of the molecule is Ic1ccc2c3c(ccc2c1C1=NCCS1)C1=C(CCC=C1)C(C1CCC1)C3. The van der Waals surface area contributed by atoms with Crippen molar-refractivity contribution in [2.75, 3.05) is 12.3 Å². The van der Waals surface area contributed by atoms with Crippen LogP contribution in [0.2, 0.25) is 0 Å². The lowest BCUT2D eigenvalue weighted by Crippen LogP contribution is -2.29. The Bertz CT molecular complexity index is 1070. The number of nitrogens with zero attached hydrogens (tertiary/aromatic N) is 1. The molecule has 0 N–H and O–H groups in total. The van der Waals surface area contributed by atoms with Gasteiger partial charge in [0.2, 0.25) is 0 Å². The maximum atomic E-state index is 4.81. The second-order valence-electron chi connectivity index (χ2n) is 8.53. The molecule has 1 saturated carbocycles. The second kappa shape index (κ2) is 7.02. The molecule has 1 fully saturated rings. The molecule has 6 rings (SSSR count). The Kier molecular flexibility index (Phi) is 4.45. The summed E-state index contributed by atoms with van der Waals surface area (Å²) in [6.45, 7) is 0.961. The molecule has 4 aliphatic rings. The van der Waals surface area contributed by atoms with Crippen LogP contribution in [0.3, 0.4) is 0 Å². The summed E-state index contributed by atoms with van der Waals surface area (Å²) >= 11 is 4.42. The van der Waals surface area contributed by atoms with E-state index in [9.17, 15) is 0 Å². The summed E-state index contributed by atoms with van der Waals surface area (Å²) in [6, 6.07) is 9.50. The number of thioether (sulfide) groups is 1. The van der Waals surface area contributed by atoms with Crippen LogP contribution in [-0.4, -0.2) is 17.3 Å². The van der Waals surface area contributed by atoms with Gasteiger partial charge in [-0.3, -0.25) is 4.99 Å². The van der Waals surface area contributed by atoms with Gasteiger partial charge in [0.05, 0.1) is 5.04 Å². The first-order chi connectivity index (χ1) is 13.8. The zero-order valence-corrected chi connectivity index (χ0v) is 19.0. The van der Waals surface area contributed by atoms with Crippen molar-refractivity contribution in [1.82, 2.24) is 0 Å². The van der Waals surface area contributed by atoms with Gasteiger partial charge in [-0.1, -0.05) is 42.3 Å². The van der Waals surface area contributed by atoms with Crippen LogP contribution in [0.4, 0.5) is 0 Å². The number of fused-ring (bicyclic) bond motifs is 4. The van der Waals surface area contributed by atoms with Crippen LogP contribution in [0.25, 0.3) is 16.3 Å². The van der Waals surface area contributed by atoms with E-state index in [0.29, 0.717) is 0 Å². The van der Waals surface area contributed by atoms with Gasteiger partial charge in [0.25, 0.3) is 0 Å². The summed E-state index contributed by atoms with van der Waals surface area (Å²) in [5.74, 6) is 2.81. The number of rotatable bonds is 2. The third-order valence-electron chi connectivity index (χ3n) is 7.15. The summed E-state index contributed by atoms with van der Waals surface area (Å²) < 4.78 is 1.34. The molecule has 28 heavy (non-hydrogen) atoms. The molecular weight excluding hydrogens is 473 g/mol. The van der Waals surface area contributed by atoms with Gasteiger partial charge in [-0.15, -0.1) is 11.8 Å². The molecule has 0 aromatic heterocycles. The number of hydrogen-bond donors (Lipinski definition) is 0. The smallest absolute Gasteiger partial charge is 0.0994 e. The highest BCUT2D eigenvalue weighted by Crippen LogP contribution is 2.49. The average Bonchev–Trinajstić information content (AvgIpc) is 3.20. The van der Waals surface area contributed by atoms with Crippen LogP contribution in [-0.2, 0) is 6.42 Å². The van der Waals surface area contributed by atoms with Crippen molar-refractivity contribution < 1.29 is 0 Å². The predicted octanol–water partition coefficient (Wildman–Crippen LogP) is 7.01. The van der Waals surface area contributed by atoms with Gasteiger partial charge in [0, 0.05) is 21.4 Å². The third kappa shape index (κ3) is 2.68. The molecule has 1 unspecified atom stereocenters. The molecule has 142 valence electrons. The predicted molar refractivity (Wildman–Crippen MR) is 130 cm³/mol. The minimum Gasteiger partial charge on any atom is -0.277 e. The molecule has 1 heterocycles. The molecule has 0 bridgehead atoms. The Labute approximate surface area is 184 Å². The van der Waals surface area contributed by atoms with E-state index in [4.69, 9.17) is 4.99 Å². The Morgan fingerprint density at radius 2 is 1.96 bits per heavy atom. The van der Waals surface area contributed by atoms with Crippen LogP contribution in [0, 0.1) is 15.4 Å². The van der Waals surface area contributed by atoms with Crippen molar-refractivity contribution >= 4 is 55.7 Å². The van der Waals surface area contributed by atoms with Crippen molar-refractivity contribution in [2.45, 2.75) is 38.5 Å². The quantitative estimate of drug-likeness (QED) is 0.407. The molecular formula is C25H24INS. The minimum absolute atomic E-state index is 0.771. The van der Waals surface area contributed by atoms with Crippen LogP contribution >= 0.6 is 34.4 Å². The summed E-state index contributed by atoms with van der Waals surface area (Å²) in [7, 11) is 0. The Morgan fingerprint density at radius 1 is 1.07 bits per heavy atom. The van der Waals surface area contributed by atoms with Gasteiger partial charge in [-0.2, -0.15) is 0 Å². The van der Waals surface area contributed by atoms with E-state index in [2.05, 4.69) is 59.0 Å². The highest BCUT2D eigenvalue weighted by atomic mass is 127. The number of benzene rings is 2. The number of aliphatic imine (C=N–C) groups is 1. The molecule has 0 radical (unpaired) electrons. The maximum absolute atomic E-state index is 4.81. The number of hydrogen-bond acceptors (Lipinski definition) is 2. The fourth-order valence-corrected chi connectivity index (χ4v) is 7.42. The second-order valence-corrected chi connectivity index (χ2v) is 10.8. The lowest BCUT2D eigenvalue weighted by atomic mass is 9.64. The zero-order chi connectivity index (χ0) is 18.7. The zero-order valence-electron chi connectivity index (χ0n) is 16.0. The molecule has 1 aliphatic heterocycles. The van der Waals surface area contributed by atoms with E-state index >= 15 is 0 Å². The van der Waals surface area contributed by atoms with Crippen molar-refractivity contribution in [2.24, 2.45) is 16.8 Å². The molecule has 0 amide bonds. The molecule has 0 spiro atoms. The molecule has 2 aromatic carbocycles. The first-order valence-corrected chi connectivity index (χ1v) is 12.7. The van der Waals surface area contributed by atoms with Crippen LogP contribution in [0.5, 0.6) is 0 Å². The maximum Gasteiger partial charge on any atom is 0.0994 e. The first kappa shape index (κ1) is 17.8. The van der Waals surface area contributed by atoms with Crippen molar-refractivity contribution in [1.29, 1.82) is 0 Å². The lowest BCUT2D eigenvalue weighted by molar-refractivity contribution is 0.227. The van der Waals surface area contributed by atoms with Crippen LogP contribution in [0.1, 0.15) is 48.8 Å². The van der Waals surface area contributed by atoms with E-state index in [-0.39, 0.29) is 0 Å². The van der Waals surface area contributed by atoms with Gasteiger partial charge >= 0.3 is 0 Å². The van der Waals surface area contributed by atoms with Crippen LogP contribution < -0.4 is 0 Å². The number of allylic oxidation sites excluding steroid dienone is 4. The van der Waals surface area contributed by atoms with Gasteiger partial charge in [0.1, 0.15) is 0 Å². The monoisotopic (exact) mass is 497 g/mol. The number of halogens is 1. The average molecular weight is 497 g/mol. The van der Waals surface area contributed by atoms with Gasteiger partial charge in [0.15, 0.2) is 0 Å². The summed E-state index contributed by atoms with van der Waals surface area (Å²) in [6.07, 6.45) is 12.9. The fourth-order valence-electron chi connectivity index (χ4n) is 5.58. The molecule has 1 nitrogen and oxygen atoms in total. The van der Waals surface area contributed by atoms with Gasteiger partial charge < -0.3 is 0 Å². The first-order valence-electron chi connectivity index (χ1n) is 10.6. The molecule has 2 aromatic rings. The Morgan fingerprint density at radius 3 is 2.75 bits per heavy atom. The van der Waals surface area contributed by atoms with Gasteiger partial charge in [-0.05, 0) is 100 Å². The van der Waals surface area contributed by atoms with Gasteiger partial charge in [-0.25, -0.2) is 0 Å². The summed E-state index contributed by atoms with van der Waals surface area (Å²) in [5.41, 5.74) is 7.80. The Balaban J connectivity index is 1.58. The lowest BCUT2D eigenvalue weighted by Gasteiger charge is -2.41. The van der Waals surface area contributed by atoms with E-state index in [1.54, 1.807) is 16.7 Å². The Hall–Kier alpha value is -1.07. The fraction of sp³-hybridized carbons (Fsp3) is 0.400. The minimum atomic E-state index is 0.771. The molecule has 0 saturated heterocycles. The van der Waals surface area contributed by atoms with Crippen molar-refractivity contribution in [3.63, 3.8) is 0 Å². The van der Waals surface area contributed by atoms with E-state index in [0.717, 1.165) is 24.1 Å². The van der Waals surface area contributed by atoms with Crippen molar-refractivity contribution in [3.8, 4) is 0 Å². The van der Waals surface area contributed by atoms with E-state index in [1.807, 2.05) is 11.8 Å². The standard InChI is InChI=1S/C25H24INS/c26-23-11-10-19-20(24(23)25-27-12-13-28-25)9-8-18-16-6-1-2-7-17(16)21(14-22(18)19)15-4-3-5-15/h1,6,8-11,15,21H,2-5,7,12-14H2. The van der Waals surface area contributed by atoms with E-state index < -0.39 is 0 Å². The van der Waals surface area contributed by atoms with Crippen LogP contribution in [0.15, 0.2) is 47.0 Å². The molecule has 3 aliphatic carbocycles. The highest BCUT2D eigenvalue weighted by molar-refractivity contribution is 14.1. The molecule has 1 atom stereocenters. The van der Waals surface area contributed by atoms with E-state index in [1.165, 1.54) is 69.0 Å². The third-order valence-corrected chi connectivity index (χ3v) is 9.04. The molecule has 3 heteroatoms.